The number of hydrogen-bond acceptors (Lipinski definition) is 5. The smallest absolute Gasteiger partial charge is 0.152 e. The maximum Gasteiger partial charge on any atom is 0.152 e. The SMILES string of the molecule is NCC1CC(c2ccccc2)Cn2nc(CCN3CCOCC3)nc21. The van der Waals surface area contributed by atoms with Crippen LogP contribution in [0.15, 0.2) is 30.3 Å². The van der Waals surface area contributed by atoms with Crippen molar-refractivity contribution in [3.05, 3.63) is 47.5 Å². The lowest BCUT2D eigenvalue weighted by atomic mass is 9.85. The molecule has 2 N–H and O–H groups in total. The summed E-state index contributed by atoms with van der Waals surface area (Å²) in [6.07, 6.45) is 1.95. The molecule has 1 aromatic carbocycles. The van der Waals surface area contributed by atoms with Crippen molar-refractivity contribution in [1.82, 2.24) is 19.7 Å². The molecule has 2 aliphatic heterocycles. The van der Waals surface area contributed by atoms with Crippen LogP contribution >= 0.6 is 0 Å². The van der Waals surface area contributed by atoms with Crippen molar-refractivity contribution in [3.8, 4) is 0 Å². The minimum atomic E-state index is 0.295. The quantitative estimate of drug-likeness (QED) is 0.890. The molecule has 0 bridgehead atoms. The summed E-state index contributed by atoms with van der Waals surface area (Å²) in [6.45, 7) is 6.22. The van der Waals surface area contributed by atoms with Gasteiger partial charge in [0, 0.05) is 51.0 Å². The van der Waals surface area contributed by atoms with E-state index in [9.17, 15) is 0 Å². The summed E-state index contributed by atoms with van der Waals surface area (Å²) in [7, 11) is 0. The molecule has 0 spiro atoms. The lowest BCUT2D eigenvalue weighted by molar-refractivity contribution is 0.0382. The number of benzene rings is 1. The first-order chi connectivity index (χ1) is 12.3. The van der Waals surface area contributed by atoms with E-state index in [0.717, 1.165) is 63.9 Å². The van der Waals surface area contributed by atoms with Gasteiger partial charge < -0.3 is 10.5 Å². The third-order valence-electron chi connectivity index (χ3n) is 5.38. The third kappa shape index (κ3) is 3.76. The molecule has 0 saturated carbocycles. The van der Waals surface area contributed by atoms with Gasteiger partial charge in [-0.15, -0.1) is 0 Å². The number of aromatic nitrogens is 3. The number of morpholine rings is 1. The zero-order valence-electron chi connectivity index (χ0n) is 14.7. The maximum atomic E-state index is 6.06. The summed E-state index contributed by atoms with van der Waals surface area (Å²) >= 11 is 0. The van der Waals surface area contributed by atoms with Crippen LogP contribution < -0.4 is 5.73 Å². The second kappa shape index (κ2) is 7.64. The molecule has 1 fully saturated rings. The number of rotatable bonds is 5. The van der Waals surface area contributed by atoms with E-state index < -0.39 is 0 Å². The largest absolute Gasteiger partial charge is 0.379 e. The van der Waals surface area contributed by atoms with Crippen LogP contribution in [0.5, 0.6) is 0 Å². The lowest BCUT2D eigenvalue weighted by Gasteiger charge is -2.28. The molecule has 6 nitrogen and oxygen atoms in total. The molecule has 6 heteroatoms. The first-order valence-electron chi connectivity index (χ1n) is 9.32. The lowest BCUT2D eigenvalue weighted by Crippen LogP contribution is -2.37. The Morgan fingerprint density at radius 3 is 2.72 bits per heavy atom. The molecular formula is C19H27N5O. The normalized spacial score (nSPS) is 24.2. The number of nitrogens with two attached hydrogens (primary N) is 1. The van der Waals surface area contributed by atoms with E-state index in [4.69, 9.17) is 20.6 Å². The highest BCUT2D eigenvalue weighted by atomic mass is 16.5. The van der Waals surface area contributed by atoms with Gasteiger partial charge in [-0.05, 0) is 12.0 Å². The molecule has 3 heterocycles. The summed E-state index contributed by atoms with van der Waals surface area (Å²) in [5.41, 5.74) is 7.43. The van der Waals surface area contributed by atoms with E-state index in [1.54, 1.807) is 0 Å². The molecule has 0 aliphatic carbocycles. The van der Waals surface area contributed by atoms with E-state index in [-0.39, 0.29) is 0 Å². The summed E-state index contributed by atoms with van der Waals surface area (Å²) < 4.78 is 7.51. The van der Waals surface area contributed by atoms with Crippen molar-refractivity contribution in [1.29, 1.82) is 0 Å². The molecule has 2 aromatic rings. The number of nitrogens with zero attached hydrogens (tertiary/aromatic N) is 4. The monoisotopic (exact) mass is 341 g/mol. The molecule has 1 aromatic heterocycles. The highest BCUT2D eigenvalue weighted by Gasteiger charge is 2.30. The van der Waals surface area contributed by atoms with Gasteiger partial charge in [0.2, 0.25) is 0 Å². The van der Waals surface area contributed by atoms with Crippen molar-refractivity contribution in [2.45, 2.75) is 31.2 Å². The summed E-state index contributed by atoms with van der Waals surface area (Å²) in [5.74, 6) is 2.79. The first-order valence-corrected chi connectivity index (χ1v) is 9.32. The molecule has 2 unspecified atom stereocenters. The van der Waals surface area contributed by atoms with Crippen molar-refractivity contribution in [2.75, 3.05) is 39.4 Å². The molecule has 2 aliphatic rings. The van der Waals surface area contributed by atoms with E-state index in [0.29, 0.717) is 18.4 Å². The van der Waals surface area contributed by atoms with Crippen LogP contribution in [-0.2, 0) is 17.7 Å². The average molecular weight is 341 g/mol. The van der Waals surface area contributed by atoms with Crippen LogP contribution in [-0.4, -0.2) is 59.1 Å². The van der Waals surface area contributed by atoms with Gasteiger partial charge in [0.15, 0.2) is 5.82 Å². The average Bonchev–Trinajstić information content (AvgIpc) is 3.10. The van der Waals surface area contributed by atoms with Gasteiger partial charge in [-0.1, -0.05) is 30.3 Å². The Bertz CT molecular complexity index is 680. The fourth-order valence-electron chi connectivity index (χ4n) is 3.93. The highest BCUT2D eigenvalue weighted by Crippen LogP contribution is 2.34. The zero-order chi connectivity index (χ0) is 17.1. The fourth-order valence-corrected chi connectivity index (χ4v) is 3.93. The molecule has 1 saturated heterocycles. The fraction of sp³-hybridized carbons (Fsp3) is 0.579. The standard InChI is InChI=1S/C19H27N5O/c20-13-16-12-17(15-4-2-1-3-5-15)14-24-19(16)21-18(22-24)6-7-23-8-10-25-11-9-23/h1-5,16-17H,6-14,20H2. The van der Waals surface area contributed by atoms with Crippen molar-refractivity contribution in [2.24, 2.45) is 5.73 Å². The Kier molecular flexibility index (Phi) is 5.10. The van der Waals surface area contributed by atoms with Crippen LogP contribution in [0.1, 0.15) is 35.5 Å². The van der Waals surface area contributed by atoms with Crippen LogP contribution in [0.3, 0.4) is 0 Å². The van der Waals surface area contributed by atoms with Gasteiger partial charge >= 0.3 is 0 Å². The molecule has 4 rings (SSSR count). The molecular weight excluding hydrogens is 314 g/mol. The van der Waals surface area contributed by atoms with Crippen molar-refractivity contribution >= 4 is 0 Å². The van der Waals surface area contributed by atoms with Crippen molar-refractivity contribution < 1.29 is 4.74 Å². The van der Waals surface area contributed by atoms with E-state index in [2.05, 4.69) is 39.9 Å². The Labute approximate surface area is 149 Å². The molecule has 2 atom stereocenters. The Morgan fingerprint density at radius 2 is 1.96 bits per heavy atom. The van der Waals surface area contributed by atoms with E-state index in [1.165, 1.54) is 5.56 Å². The Hall–Kier alpha value is -1.76. The zero-order valence-corrected chi connectivity index (χ0v) is 14.7. The summed E-state index contributed by atoms with van der Waals surface area (Å²) in [6, 6.07) is 10.7. The molecule has 0 radical (unpaired) electrons. The van der Waals surface area contributed by atoms with E-state index >= 15 is 0 Å². The number of ether oxygens (including phenoxy) is 1. The Morgan fingerprint density at radius 1 is 1.16 bits per heavy atom. The topological polar surface area (TPSA) is 69.2 Å². The number of fused-ring (bicyclic) bond motifs is 1. The predicted molar refractivity (Wildman–Crippen MR) is 96.6 cm³/mol. The Balaban J connectivity index is 1.47. The second-order valence-electron chi connectivity index (χ2n) is 7.05. The van der Waals surface area contributed by atoms with E-state index in [1.807, 2.05) is 0 Å². The summed E-state index contributed by atoms with van der Waals surface area (Å²) in [5, 5.41) is 4.80. The number of hydrogen-bond donors (Lipinski definition) is 1. The molecule has 25 heavy (non-hydrogen) atoms. The minimum absolute atomic E-state index is 0.295. The van der Waals surface area contributed by atoms with Crippen LogP contribution in [0, 0.1) is 0 Å². The van der Waals surface area contributed by atoms with Gasteiger partial charge in [0.25, 0.3) is 0 Å². The van der Waals surface area contributed by atoms with Gasteiger partial charge in [-0.3, -0.25) is 4.90 Å². The van der Waals surface area contributed by atoms with Gasteiger partial charge in [-0.2, -0.15) is 5.10 Å². The molecule has 0 amide bonds. The van der Waals surface area contributed by atoms with Gasteiger partial charge in [0.05, 0.1) is 13.2 Å². The molecule has 134 valence electrons. The second-order valence-corrected chi connectivity index (χ2v) is 7.05. The van der Waals surface area contributed by atoms with Gasteiger partial charge in [0.1, 0.15) is 5.82 Å². The minimum Gasteiger partial charge on any atom is -0.379 e. The predicted octanol–water partition coefficient (Wildman–Crippen LogP) is 1.38. The van der Waals surface area contributed by atoms with Gasteiger partial charge in [-0.25, -0.2) is 9.67 Å². The van der Waals surface area contributed by atoms with Crippen LogP contribution in [0.2, 0.25) is 0 Å². The highest BCUT2D eigenvalue weighted by molar-refractivity contribution is 5.22. The van der Waals surface area contributed by atoms with Crippen molar-refractivity contribution in [3.63, 3.8) is 0 Å². The summed E-state index contributed by atoms with van der Waals surface area (Å²) in [4.78, 5) is 7.26. The van der Waals surface area contributed by atoms with Crippen LogP contribution in [0.4, 0.5) is 0 Å². The van der Waals surface area contributed by atoms with Crippen LogP contribution in [0.25, 0.3) is 0 Å². The third-order valence-corrected chi connectivity index (χ3v) is 5.38. The first kappa shape index (κ1) is 16.7. The maximum absolute atomic E-state index is 6.06.